The zero-order valence-corrected chi connectivity index (χ0v) is 18.9. The minimum atomic E-state index is -0.319. The van der Waals surface area contributed by atoms with Crippen molar-refractivity contribution in [2.45, 2.75) is 39.3 Å². The van der Waals surface area contributed by atoms with Crippen LogP contribution in [0, 0.1) is 21.6 Å². The highest BCUT2D eigenvalue weighted by Gasteiger charge is 2.30. The Labute approximate surface area is 185 Å². The van der Waals surface area contributed by atoms with E-state index in [0.717, 1.165) is 45.4 Å². The molecule has 2 aliphatic heterocycles. The smallest absolute Gasteiger partial charge is 0.225 e. The van der Waals surface area contributed by atoms with Crippen LogP contribution in [-0.2, 0) is 11.5 Å². The van der Waals surface area contributed by atoms with Crippen molar-refractivity contribution in [1.29, 1.82) is 0 Å². The van der Waals surface area contributed by atoms with Gasteiger partial charge in [0.05, 0.1) is 12.4 Å². The van der Waals surface area contributed by atoms with E-state index in [9.17, 15) is 9.18 Å². The molecule has 162 valence electrons. The number of piperidine rings is 2. The molecular weight excluding hydrogens is 421 g/mol. The normalized spacial score (nSPS) is 21.0. The molecule has 30 heavy (non-hydrogen) atoms. The summed E-state index contributed by atoms with van der Waals surface area (Å²) < 4.78 is 16.3. The van der Waals surface area contributed by atoms with Crippen LogP contribution >= 0.6 is 23.6 Å². The van der Waals surface area contributed by atoms with E-state index in [2.05, 4.69) is 27.1 Å². The Kier molecular flexibility index (Phi) is 6.80. The largest absolute Gasteiger partial charge is 0.342 e. The summed E-state index contributed by atoms with van der Waals surface area (Å²) in [6, 6.07) is 6.52. The number of para-hydroxylation sites is 1. The second-order valence-corrected chi connectivity index (χ2v) is 9.97. The molecule has 1 atom stereocenters. The van der Waals surface area contributed by atoms with Crippen molar-refractivity contribution in [1.82, 2.24) is 19.6 Å². The Morgan fingerprint density at radius 3 is 2.77 bits per heavy atom. The van der Waals surface area contributed by atoms with Gasteiger partial charge in [-0.15, -0.1) is 5.10 Å². The van der Waals surface area contributed by atoms with Crippen molar-refractivity contribution in [2.24, 2.45) is 11.8 Å². The van der Waals surface area contributed by atoms with Crippen LogP contribution < -0.4 is 5.32 Å². The maximum Gasteiger partial charge on any atom is 0.225 e. The molecule has 3 heterocycles. The first-order valence-electron chi connectivity index (χ1n) is 10.6. The van der Waals surface area contributed by atoms with E-state index < -0.39 is 0 Å². The zero-order chi connectivity index (χ0) is 21.1. The number of likely N-dealkylation sites (tertiary alicyclic amines) is 2. The molecule has 2 aromatic rings. The lowest BCUT2D eigenvalue weighted by molar-refractivity contribution is -0.139. The molecule has 2 aliphatic rings. The number of rotatable bonds is 5. The Bertz CT molecular complexity index is 937. The van der Waals surface area contributed by atoms with E-state index in [1.54, 1.807) is 22.9 Å². The van der Waals surface area contributed by atoms with E-state index in [1.165, 1.54) is 23.8 Å². The second-order valence-electron chi connectivity index (χ2n) is 8.34. The molecule has 0 spiro atoms. The van der Waals surface area contributed by atoms with Gasteiger partial charge in [0, 0.05) is 32.1 Å². The summed E-state index contributed by atoms with van der Waals surface area (Å²) in [5, 5.41) is 8.10. The zero-order valence-electron chi connectivity index (χ0n) is 17.2. The van der Waals surface area contributed by atoms with Gasteiger partial charge in [-0.25, -0.2) is 9.07 Å². The molecule has 1 aromatic heterocycles. The summed E-state index contributed by atoms with van der Waals surface area (Å²) in [5.74, 6) is 0.762. The van der Waals surface area contributed by atoms with Crippen molar-refractivity contribution in [3.63, 3.8) is 0 Å². The van der Waals surface area contributed by atoms with E-state index in [1.807, 2.05) is 0 Å². The fraction of sp³-hybridized carbons (Fsp3) is 0.571. The number of amides is 1. The molecule has 1 N–H and O–H groups in total. The molecular formula is C21H28FN5OS2. The minimum Gasteiger partial charge on any atom is -0.342 e. The number of nitrogens with one attached hydrogen (secondary N) is 1. The number of aromatic nitrogens is 2. The van der Waals surface area contributed by atoms with Crippen LogP contribution in [0.3, 0.4) is 0 Å². The first-order chi connectivity index (χ1) is 14.5. The first kappa shape index (κ1) is 21.4. The molecule has 1 amide bonds. The molecule has 1 unspecified atom stereocenters. The molecule has 9 heteroatoms. The van der Waals surface area contributed by atoms with Gasteiger partial charge in [-0.2, -0.15) is 0 Å². The number of benzene rings is 1. The molecule has 6 nitrogen and oxygen atoms in total. The van der Waals surface area contributed by atoms with Gasteiger partial charge < -0.3 is 10.2 Å². The van der Waals surface area contributed by atoms with Gasteiger partial charge in [0.15, 0.2) is 3.95 Å². The van der Waals surface area contributed by atoms with Gasteiger partial charge in [-0.1, -0.05) is 30.4 Å². The van der Waals surface area contributed by atoms with E-state index in [0.29, 0.717) is 33.3 Å². The topological polar surface area (TPSA) is 53.4 Å². The molecule has 2 saturated heterocycles. The van der Waals surface area contributed by atoms with Crippen molar-refractivity contribution >= 4 is 40.3 Å². The fourth-order valence-corrected chi connectivity index (χ4v) is 5.29. The van der Waals surface area contributed by atoms with Crippen molar-refractivity contribution < 1.29 is 9.18 Å². The quantitative estimate of drug-likeness (QED) is 0.682. The Morgan fingerprint density at radius 2 is 2.03 bits per heavy atom. The Morgan fingerprint density at radius 1 is 1.27 bits per heavy atom. The molecule has 0 saturated carbocycles. The lowest BCUT2D eigenvalue weighted by atomic mass is 9.93. The van der Waals surface area contributed by atoms with Gasteiger partial charge in [-0.05, 0) is 56.0 Å². The van der Waals surface area contributed by atoms with Crippen LogP contribution in [0.1, 0.15) is 32.6 Å². The molecule has 1 aromatic carbocycles. The molecule has 0 aliphatic carbocycles. The van der Waals surface area contributed by atoms with Crippen LogP contribution in [-0.4, -0.2) is 51.7 Å². The van der Waals surface area contributed by atoms with Gasteiger partial charge >= 0.3 is 0 Å². The Hall–Kier alpha value is -1.84. The van der Waals surface area contributed by atoms with Gasteiger partial charge in [0.1, 0.15) is 5.82 Å². The van der Waals surface area contributed by atoms with Crippen LogP contribution in [0.4, 0.5) is 15.2 Å². The van der Waals surface area contributed by atoms with E-state index in [4.69, 9.17) is 12.2 Å². The first-order valence-corrected chi connectivity index (χ1v) is 11.8. The third-order valence-electron chi connectivity index (χ3n) is 5.96. The van der Waals surface area contributed by atoms with Gasteiger partial charge in [0.2, 0.25) is 11.0 Å². The average molecular weight is 450 g/mol. The number of carbonyl (C=O) groups is 1. The predicted molar refractivity (Wildman–Crippen MR) is 120 cm³/mol. The molecule has 4 rings (SSSR count). The number of hydrogen-bond donors (Lipinski definition) is 1. The third-order valence-corrected chi connectivity index (χ3v) is 7.18. The lowest BCUT2D eigenvalue weighted by Crippen LogP contribution is -2.46. The summed E-state index contributed by atoms with van der Waals surface area (Å²) in [6.07, 6.45) is 4.10. The number of nitrogens with zero attached hydrogens (tertiary/aromatic N) is 4. The summed E-state index contributed by atoms with van der Waals surface area (Å²) in [4.78, 5) is 17.2. The minimum absolute atomic E-state index is 0.133. The molecule has 0 radical (unpaired) electrons. The maximum absolute atomic E-state index is 13.9. The van der Waals surface area contributed by atoms with E-state index in [-0.39, 0.29) is 11.7 Å². The highest BCUT2D eigenvalue weighted by molar-refractivity contribution is 7.73. The van der Waals surface area contributed by atoms with Crippen molar-refractivity contribution in [3.8, 4) is 0 Å². The maximum atomic E-state index is 13.9. The monoisotopic (exact) mass is 449 g/mol. The van der Waals surface area contributed by atoms with Crippen LogP contribution in [0.5, 0.6) is 0 Å². The summed E-state index contributed by atoms with van der Waals surface area (Å²) in [7, 11) is 0. The SMILES string of the molecule is CC1CCCN(C(=O)C2CCN(Cn3nc(Nc4ccccc4F)sc3=S)CC2)C1. The van der Waals surface area contributed by atoms with Crippen molar-refractivity contribution in [2.75, 3.05) is 31.5 Å². The average Bonchev–Trinajstić information content (AvgIpc) is 3.08. The summed E-state index contributed by atoms with van der Waals surface area (Å²) in [6.45, 7) is 6.36. The van der Waals surface area contributed by atoms with Crippen LogP contribution in [0.15, 0.2) is 24.3 Å². The lowest BCUT2D eigenvalue weighted by Gasteiger charge is -2.37. The summed E-state index contributed by atoms with van der Waals surface area (Å²) in [5.41, 5.74) is 0.389. The Balaban J connectivity index is 1.31. The fourth-order valence-electron chi connectivity index (χ4n) is 4.28. The molecule has 0 bridgehead atoms. The standard InChI is InChI=1S/C21H28FN5OS2/c1-15-5-4-10-26(13-15)19(28)16-8-11-25(12-9-16)14-27-21(29)30-20(24-27)23-18-7-3-2-6-17(18)22/h2-3,6-7,15-16H,4-5,8-14H2,1H3,(H,23,24). The third kappa shape index (κ3) is 5.07. The summed E-state index contributed by atoms with van der Waals surface area (Å²) >= 11 is 6.78. The van der Waals surface area contributed by atoms with Crippen LogP contribution in [0.2, 0.25) is 0 Å². The second kappa shape index (κ2) is 9.53. The highest BCUT2D eigenvalue weighted by Crippen LogP contribution is 2.25. The van der Waals surface area contributed by atoms with Crippen molar-refractivity contribution in [3.05, 3.63) is 34.0 Å². The van der Waals surface area contributed by atoms with Gasteiger partial charge in [-0.3, -0.25) is 9.69 Å². The van der Waals surface area contributed by atoms with E-state index >= 15 is 0 Å². The number of hydrogen-bond acceptors (Lipinski definition) is 6. The van der Waals surface area contributed by atoms with Gasteiger partial charge in [0.25, 0.3) is 0 Å². The molecule has 2 fully saturated rings. The predicted octanol–water partition coefficient (Wildman–Crippen LogP) is 4.48. The highest BCUT2D eigenvalue weighted by atomic mass is 32.1. The number of anilines is 2. The van der Waals surface area contributed by atoms with Crippen LogP contribution in [0.25, 0.3) is 0 Å². The number of halogens is 1. The number of carbonyl (C=O) groups excluding carboxylic acids is 1.